The molecule has 2 aromatic heterocycles. The summed E-state index contributed by atoms with van der Waals surface area (Å²) in [5.41, 5.74) is 0.720. The predicted octanol–water partition coefficient (Wildman–Crippen LogP) is 3.26. The van der Waals surface area contributed by atoms with E-state index in [2.05, 4.69) is 15.0 Å². The Hall–Kier alpha value is -3.43. The summed E-state index contributed by atoms with van der Waals surface area (Å²) >= 11 is 0. The molecule has 0 spiro atoms. The van der Waals surface area contributed by atoms with E-state index in [4.69, 9.17) is 9.15 Å². The minimum Gasteiger partial charge on any atom is -0.484 e. The topological polar surface area (TPSA) is 81.4 Å². The van der Waals surface area contributed by atoms with Gasteiger partial charge in [0.15, 0.2) is 6.61 Å². The van der Waals surface area contributed by atoms with E-state index in [1.807, 2.05) is 30.3 Å². The Morgan fingerprint density at radius 2 is 1.90 bits per heavy atom. The first kappa shape index (κ1) is 18.9. The van der Waals surface area contributed by atoms with E-state index < -0.39 is 17.9 Å². The zero-order valence-electron chi connectivity index (χ0n) is 15.0. The molecule has 1 amide bonds. The molecular weight excluding hydrogens is 389 g/mol. The highest BCUT2D eigenvalue weighted by Crippen LogP contribution is 2.26. The zero-order valence-corrected chi connectivity index (χ0v) is 15.0. The van der Waals surface area contributed by atoms with Crippen molar-refractivity contribution in [2.75, 3.05) is 6.54 Å². The third-order valence-corrected chi connectivity index (χ3v) is 4.32. The van der Waals surface area contributed by atoms with Gasteiger partial charge in [0, 0.05) is 25.4 Å². The molecule has 0 saturated carbocycles. The number of benzene rings is 1. The largest absolute Gasteiger partial charge is 0.484 e. The van der Waals surface area contributed by atoms with Gasteiger partial charge in [0.1, 0.15) is 11.5 Å². The molecule has 0 N–H and O–H groups in total. The summed E-state index contributed by atoms with van der Waals surface area (Å²) < 4.78 is 49.0. The molecule has 0 aliphatic carbocycles. The van der Waals surface area contributed by atoms with Crippen molar-refractivity contribution in [3.8, 4) is 5.75 Å². The third-order valence-electron chi connectivity index (χ3n) is 4.32. The van der Waals surface area contributed by atoms with Crippen LogP contribution in [0.2, 0.25) is 0 Å². The van der Waals surface area contributed by atoms with Gasteiger partial charge >= 0.3 is 6.18 Å². The monoisotopic (exact) mass is 404 g/mol. The lowest BCUT2D eigenvalue weighted by atomic mass is 10.1. The van der Waals surface area contributed by atoms with Crippen molar-refractivity contribution in [3.63, 3.8) is 0 Å². The molecule has 150 valence electrons. The molecule has 3 heterocycles. The maximum absolute atomic E-state index is 12.6. The number of carbonyl (C=O) groups excluding carboxylic acids is 1. The van der Waals surface area contributed by atoms with E-state index in [-0.39, 0.29) is 18.7 Å². The van der Waals surface area contributed by atoms with E-state index in [1.54, 1.807) is 0 Å². The summed E-state index contributed by atoms with van der Waals surface area (Å²) in [6.45, 7) is 0.670. The van der Waals surface area contributed by atoms with Crippen molar-refractivity contribution in [1.82, 2.24) is 19.9 Å². The van der Waals surface area contributed by atoms with E-state index in [1.165, 1.54) is 4.90 Å². The Bertz CT molecular complexity index is 1000. The number of rotatable bonds is 4. The Morgan fingerprint density at radius 3 is 2.59 bits per heavy atom. The first-order valence-electron chi connectivity index (χ1n) is 8.74. The highest BCUT2D eigenvalue weighted by atomic mass is 19.4. The first-order chi connectivity index (χ1) is 13.9. The van der Waals surface area contributed by atoms with Gasteiger partial charge in [-0.1, -0.05) is 18.2 Å². The van der Waals surface area contributed by atoms with Crippen LogP contribution in [0.5, 0.6) is 5.75 Å². The lowest BCUT2D eigenvalue weighted by molar-refractivity contribution is -0.145. The molecule has 0 fully saturated rings. The number of hydrogen-bond donors (Lipinski definition) is 0. The van der Waals surface area contributed by atoms with Gasteiger partial charge in [-0.3, -0.25) is 4.79 Å². The number of fused-ring (bicyclic) bond motifs is 1. The average molecular weight is 404 g/mol. The van der Waals surface area contributed by atoms with Crippen LogP contribution in [0, 0.1) is 0 Å². The van der Waals surface area contributed by atoms with Crippen LogP contribution < -0.4 is 4.74 Å². The number of alkyl halides is 3. The van der Waals surface area contributed by atoms with Crippen LogP contribution in [0.3, 0.4) is 0 Å². The normalized spacial score (nSPS) is 13.8. The lowest BCUT2D eigenvalue weighted by Gasteiger charge is -2.25. The molecule has 4 rings (SSSR count). The number of carbonyl (C=O) groups is 1. The Kier molecular flexibility index (Phi) is 4.91. The van der Waals surface area contributed by atoms with Gasteiger partial charge in [0.05, 0.1) is 17.8 Å². The van der Waals surface area contributed by atoms with E-state index in [9.17, 15) is 18.0 Å². The highest BCUT2D eigenvalue weighted by molar-refractivity contribution is 5.93. The molecule has 0 atom stereocenters. The molecule has 1 aliphatic rings. The summed E-state index contributed by atoms with van der Waals surface area (Å²) in [5.74, 6) is -0.144. The van der Waals surface area contributed by atoms with Crippen LogP contribution in [0.1, 0.15) is 33.5 Å². The maximum Gasteiger partial charge on any atom is 0.451 e. The number of aromatic nitrogens is 3. The first-order valence-corrected chi connectivity index (χ1v) is 8.74. The highest BCUT2D eigenvalue weighted by Gasteiger charge is 2.35. The molecule has 0 bridgehead atoms. The quantitative estimate of drug-likeness (QED) is 0.664. The number of hydrogen-bond acceptors (Lipinski definition) is 6. The minimum atomic E-state index is -4.65. The van der Waals surface area contributed by atoms with Crippen LogP contribution >= 0.6 is 0 Å². The third kappa shape index (κ3) is 4.20. The number of nitrogens with zero attached hydrogens (tertiary/aromatic N) is 4. The Balaban J connectivity index is 1.41. The standard InChI is InChI=1S/C19H15F3N4O3/c20-19(21,22)18-23-8-12(9-24-18)17(27)26-7-6-14-15(10-26)29-16(25-14)11-28-13-4-2-1-3-5-13/h1-5,8-9H,6-7,10-11H2. The fourth-order valence-corrected chi connectivity index (χ4v) is 2.91. The molecule has 0 saturated heterocycles. The van der Waals surface area contributed by atoms with Gasteiger partial charge in [-0.25, -0.2) is 15.0 Å². The number of ether oxygens (including phenoxy) is 1. The van der Waals surface area contributed by atoms with Crippen LogP contribution in [0.25, 0.3) is 0 Å². The van der Waals surface area contributed by atoms with E-state index >= 15 is 0 Å². The maximum atomic E-state index is 12.6. The van der Waals surface area contributed by atoms with Crippen LogP contribution in [-0.4, -0.2) is 32.3 Å². The summed E-state index contributed by atoms with van der Waals surface area (Å²) in [6, 6.07) is 9.21. The molecule has 29 heavy (non-hydrogen) atoms. The van der Waals surface area contributed by atoms with Crippen molar-refractivity contribution >= 4 is 5.91 Å². The lowest BCUT2D eigenvalue weighted by Crippen LogP contribution is -2.36. The number of para-hydroxylation sites is 1. The number of oxazole rings is 1. The molecule has 10 heteroatoms. The summed E-state index contributed by atoms with van der Waals surface area (Å²) in [7, 11) is 0. The van der Waals surface area contributed by atoms with Crippen molar-refractivity contribution in [2.24, 2.45) is 0 Å². The van der Waals surface area contributed by atoms with E-state index in [0.717, 1.165) is 18.1 Å². The van der Waals surface area contributed by atoms with Crippen molar-refractivity contribution in [1.29, 1.82) is 0 Å². The van der Waals surface area contributed by atoms with Gasteiger partial charge in [-0.05, 0) is 12.1 Å². The van der Waals surface area contributed by atoms with Gasteiger partial charge in [-0.15, -0.1) is 0 Å². The second kappa shape index (κ2) is 7.53. The number of halogens is 3. The fraction of sp³-hybridized carbons (Fsp3) is 0.263. The molecule has 7 nitrogen and oxygen atoms in total. The number of amides is 1. The van der Waals surface area contributed by atoms with Gasteiger partial charge in [0.25, 0.3) is 5.91 Å². The van der Waals surface area contributed by atoms with Crippen LogP contribution in [0.15, 0.2) is 47.1 Å². The summed E-state index contributed by atoms with van der Waals surface area (Å²) in [6.07, 6.45) is -2.42. The Labute approximate surface area is 163 Å². The molecule has 0 unspecified atom stereocenters. The van der Waals surface area contributed by atoms with Crippen molar-refractivity contribution in [3.05, 3.63) is 71.5 Å². The minimum absolute atomic E-state index is 0.0198. The molecule has 1 aromatic carbocycles. The van der Waals surface area contributed by atoms with Gasteiger partial charge < -0.3 is 14.1 Å². The van der Waals surface area contributed by atoms with Crippen molar-refractivity contribution < 1.29 is 27.1 Å². The average Bonchev–Trinajstić information content (AvgIpc) is 3.14. The predicted molar refractivity (Wildman–Crippen MR) is 92.8 cm³/mol. The van der Waals surface area contributed by atoms with Crippen molar-refractivity contribution in [2.45, 2.75) is 25.7 Å². The molecular formula is C19H15F3N4O3. The summed E-state index contributed by atoms with van der Waals surface area (Å²) in [4.78, 5) is 24.9. The SMILES string of the molecule is O=C(c1cnc(C(F)(F)F)nc1)N1CCc2nc(COc3ccccc3)oc2C1. The second-order valence-electron chi connectivity index (χ2n) is 6.35. The smallest absolute Gasteiger partial charge is 0.451 e. The van der Waals surface area contributed by atoms with Crippen LogP contribution in [0.4, 0.5) is 13.2 Å². The fourth-order valence-electron chi connectivity index (χ4n) is 2.91. The van der Waals surface area contributed by atoms with Gasteiger partial charge in [-0.2, -0.15) is 13.2 Å². The molecule has 0 radical (unpaired) electrons. The summed E-state index contributed by atoms with van der Waals surface area (Å²) in [5, 5.41) is 0. The molecule has 3 aromatic rings. The second-order valence-corrected chi connectivity index (χ2v) is 6.35. The van der Waals surface area contributed by atoms with E-state index in [0.29, 0.717) is 30.4 Å². The Morgan fingerprint density at radius 1 is 1.17 bits per heavy atom. The molecule has 1 aliphatic heterocycles. The zero-order chi connectivity index (χ0) is 20.4. The van der Waals surface area contributed by atoms with Gasteiger partial charge in [0.2, 0.25) is 11.7 Å². The van der Waals surface area contributed by atoms with Crippen LogP contribution in [-0.2, 0) is 25.7 Å².